The first kappa shape index (κ1) is 36.2. The van der Waals surface area contributed by atoms with Gasteiger partial charge in [0.05, 0.1) is 27.9 Å². The SMILES string of the molecule is COc1ccc(-c2cc(=O)c3c(O[C@@H]4O[C@@H](CO)[C@H](O)[C@H](O[C@@H]5O[C@H](COC(C)=O)[C@H](O)[C@H](O)[C@@H]5O)[C@H]4O)c(OC)c(OC)cc3o2)cc1. The Kier molecular flexibility index (Phi) is 11.3. The monoisotopic (exact) mass is 694 g/mol. The minimum atomic E-state index is -1.92. The van der Waals surface area contributed by atoms with E-state index >= 15 is 0 Å². The van der Waals surface area contributed by atoms with Gasteiger partial charge in [0.1, 0.15) is 77.9 Å². The van der Waals surface area contributed by atoms with Crippen molar-refractivity contribution in [3.05, 3.63) is 46.6 Å². The fourth-order valence-corrected chi connectivity index (χ4v) is 5.55. The van der Waals surface area contributed by atoms with Crippen LogP contribution in [-0.2, 0) is 23.7 Å². The molecule has 0 saturated carbocycles. The Morgan fingerprint density at radius 1 is 0.796 bits per heavy atom. The van der Waals surface area contributed by atoms with Crippen molar-refractivity contribution in [2.45, 2.75) is 68.3 Å². The van der Waals surface area contributed by atoms with E-state index < -0.39 is 86.0 Å². The van der Waals surface area contributed by atoms with Crippen LogP contribution in [0.2, 0.25) is 0 Å². The number of aliphatic hydroxyl groups excluding tert-OH is 6. The topological polar surface area (TPSA) is 242 Å². The summed E-state index contributed by atoms with van der Waals surface area (Å²) < 4.78 is 50.1. The molecule has 2 aliphatic heterocycles. The summed E-state index contributed by atoms with van der Waals surface area (Å²) in [6.07, 6.45) is -17.2. The summed E-state index contributed by atoms with van der Waals surface area (Å²) in [5, 5.41) is 63.6. The predicted molar refractivity (Wildman–Crippen MR) is 164 cm³/mol. The van der Waals surface area contributed by atoms with E-state index in [-0.39, 0.29) is 34.0 Å². The van der Waals surface area contributed by atoms with Crippen molar-refractivity contribution in [2.75, 3.05) is 34.5 Å². The number of ether oxygens (including phenoxy) is 8. The predicted octanol–water partition coefficient (Wildman–Crippen LogP) is -0.940. The van der Waals surface area contributed by atoms with Crippen LogP contribution in [0.3, 0.4) is 0 Å². The van der Waals surface area contributed by atoms with E-state index in [1.165, 1.54) is 33.5 Å². The average Bonchev–Trinajstić information content (AvgIpc) is 3.09. The lowest BCUT2D eigenvalue weighted by molar-refractivity contribution is -0.353. The molecule has 10 atom stereocenters. The molecule has 0 spiro atoms. The summed E-state index contributed by atoms with van der Waals surface area (Å²) in [7, 11) is 4.13. The van der Waals surface area contributed by atoms with E-state index in [4.69, 9.17) is 42.3 Å². The van der Waals surface area contributed by atoms with E-state index in [9.17, 15) is 40.2 Å². The number of benzene rings is 2. The molecule has 17 nitrogen and oxygen atoms in total. The van der Waals surface area contributed by atoms with E-state index in [1.54, 1.807) is 24.3 Å². The lowest BCUT2D eigenvalue weighted by atomic mass is 9.97. The number of carbonyl (C=O) groups excluding carboxylic acids is 1. The Hall–Kier alpha value is -4.04. The normalized spacial score (nSPS) is 30.1. The van der Waals surface area contributed by atoms with Gasteiger partial charge >= 0.3 is 5.97 Å². The number of aliphatic hydroxyl groups is 6. The van der Waals surface area contributed by atoms with Gasteiger partial charge in [-0.05, 0) is 24.3 Å². The minimum Gasteiger partial charge on any atom is -0.497 e. The molecule has 0 aliphatic carbocycles. The van der Waals surface area contributed by atoms with Crippen molar-refractivity contribution in [3.63, 3.8) is 0 Å². The molecule has 0 radical (unpaired) electrons. The summed E-state index contributed by atoms with van der Waals surface area (Å²) in [6.45, 7) is -0.209. The highest BCUT2D eigenvalue weighted by Crippen LogP contribution is 2.44. The van der Waals surface area contributed by atoms with Crippen LogP contribution in [0, 0.1) is 0 Å². The second kappa shape index (κ2) is 15.2. The van der Waals surface area contributed by atoms with Crippen molar-refractivity contribution in [2.24, 2.45) is 0 Å². The van der Waals surface area contributed by atoms with Gasteiger partial charge in [0.15, 0.2) is 23.2 Å². The maximum atomic E-state index is 13.6. The fraction of sp³-hybridized carbons (Fsp3) is 0.500. The Bertz CT molecular complexity index is 1660. The van der Waals surface area contributed by atoms with E-state index in [0.717, 1.165) is 6.92 Å². The zero-order chi connectivity index (χ0) is 35.6. The number of methoxy groups -OCH3 is 3. The number of hydrogen-bond donors (Lipinski definition) is 6. The third-order valence-corrected chi connectivity index (χ3v) is 8.16. The van der Waals surface area contributed by atoms with Crippen LogP contribution in [0.1, 0.15) is 6.92 Å². The molecule has 268 valence electrons. The zero-order valence-electron chi connectivity index (χ0n) is 26.8. The quantitative estimate of drug-likeness (QED) is 0.133. The first-order valence-electron chi connectivity index (χ1n) is 15.1. The minimum absolute atomic E-state index is 0.00732. The number of rotatable bonds is 11. The van der Waals surface area contributed by atoms with E-state index in [1.807, 2.05) is 0 Å². The third-order valence-electron chi connectivity index (χ3n) is 8.16. The van der Waals surface area contributed by atoms with Gasteiger partial charge < -0.3 is 73.0 Å². The number of fused-ring (bicyclic) bond motifs is 1. The van der Waals surface area contributed by atoms with Crippen LogP contribution in [0.25, 0.3) is 22.3 Å². The van der Waals surface area contributed by atoms with Crippen LogP contribution in [-0.4, -0.2) is 133 Å². The Morgan fingerprint density at radius 3 is 2.10 bits per heavy atom. The summed E-state index contributed by atoms with van der Waals surface area (Å²) in [6, 6.07) is 9.40. The van der Waals surface area contributed by atoms with Crippen LogP contribution < -0.4 is 24.4 Å². The molecular weight excluding hydrogens is 656 g/mol. The summed E-state index contributed by atoms with van der Waals surface area (Å²) in [5.74, 6) is -0.209. The van der Waals surface area contributed by atoms with Crippen molar-refractivity contribution in [1.29, 1.82) is 0 Å². The maximum absolute atomic E-state index is 13.6. The molecule has 2 fully saturated rings. The molecule has 0 bridgehead atoms. The fourth-order valence-electron chi connectivity index (χ4n) is 5.55. The Morgan fingerprint density at radius 2 is 1.49 bits per heavy atom. The van der Waals surface area contributed by atoms with Crippen molar-refractivity contribution in [3.8, 4) is 34.3 Å². The molecule has 5 rings (SSSR count). The highest BCUT2D eigenvalue weighted by atomic mass is 16.7. The van der Waals surface area contributed by atoms with Crippen molar-refractivity contribution < 1.29 is 77.7 Å². The molecule has 3 aromatic rings. The number of hydrogen-bond acceptors (Lipinski definition) is 17. The van der Waals surface area contributed by atoms with Crippen LogP contribution in [0.5, 0.6) is 23.0 Å². The molecule has 0 unspecified atom stereocenters. The summed E-state index contributed by atoms with van der Waals surface area (Å²) in [5.41, 5.74) is -0.0134. The number of esters is 1. The van der Waals surface area contributed by atoms with Gasteiger partial charge in [-0.2, -0.15) is 0 Å². The largest absolute Gasteiger partial charge is 0.497 e. The molecule has 49 heavy (non-hydrogen) atoms. The Labute approximate surface area is 278 Å². The van der Waals surface area contributed by atoms with E-state index in [2.05, 4.69) is 0 Å². The standard InChI is InChI=1S/C32H38O17/c1-13(34)44-12-21-23(36)25(38)26(39)31(47-21)49-30-24(37)20(11-33)46-32(27(30)40)48-29-22-16(35)9-17(14-5-7-15(41-2)8-6-14)45-18(22)10-19(42-3)28(29)43-4/h5-10,20-21,23-27,30-33,36-40H,11-12H2,1-4H3/t20-,21+,23-,24-,25-,26-,27+,30-,31-,32-/m0/s1. The lowest BCUT2D eigenvalue weighted by Gasteiger charge is -2.46. The van der Waals surface area contributed by atoms with Crippen LogP contribution in [0.15, 0.2) is 45.6 Å². The highest BCUT2D eigenvalue weighted by molar-refractivity contribution is 5.90. The van der Waals surface area contributed by atoms with Gasteiger partial charge in [-0.3, -0.25) is 9.59 Å². The lowest BCUT2D eigenvalue weighted by Crippen LogP contribution is -2.65. The van der Waals surface area contributed by atoms with Crippen LogP contribution in [0.4, 0.5) is 0 Å². The first-order valence-corrected chi connectivity index (χ1v) is 15.1. The Balaban J connectivity index is 1.49. The molecule has 0 amide bonds. The first-order chi connectivity index (χ1) is 23.4. The van der Waals surface area contributed by atoms with Crippen molar-refractivity contribution in [1.82, 2.24) is 0 Å². The maximum Gasteiger partial charge on any atom is 0.302 e. The van der Waals surface area contributed by atoms with Gasteiger partial charge in [0.2, 0.25) is 12.0 Å². The molecule has 2 saturated heterocycles. The molecule has 17 heteroatoms. The van der Waals surface area contributed by atoms with Crippen molar-refractivity contribution >= 4 is 16.9 Å². The highest BCUT2D eigenvalue weighted by Gasteiger charge is 2.52. The second-order valence-corrected chi connectivity index (χ2v) is 11.3. The molecule has 2 aliphatic rings. The molecule has 2 aromatic carbocycles. The average molecular weight is 695 g/mol. The van der Waals surface area contributed by atoms with Gasteiger partial charge in [-0.15, -0.1) is 0 Å². The second-order valence-electron chi connectivity index (χ2n) is 11.3. The van der Waals surface area contributed by atoms with Crippen LogP contribution >= 0.6 is 0 Å². The van der Waals surface area contributed by atoms with Gasteiger partial charge in [-0.25, -0.2) is 0 Å². The molecule has 3 heterocycles. The van der Waals surface area contributed by atoms with Gasteiger partial charge in [-0.1, -0.05) is 0 Å². The van der Waals surface area contributed by atoms with Gasteiger partial charge in [0.25, 0.3) is 0 Å². The molecule has 6 N–H and O–H groups in total. The summed E-state index contributed by atoms with van der Waals surface area (Å²) >= 11 is 0. The van der Waals surface area contributed by atoms with Gasteiger partial charge in [0, 0.05) is 24.6 Å². The molecule has 1 aromatic heterocycles. The zero-order valence-corrected chi connectivity index (χ0v) is 26.8. The molecular formula is C32H38O17. The third kappa shape index (κ3) is 7.30. The smallest absolute Gasteiger partial charge is 0.302 e. The number of carbonyl (C=O) groups is 1. The van der Waals surface area contributed by atoms with E-state index in [0.29, 0.717) is 11.3 Å². The summed E-state index contributed by atoms with van der Waals surface area (Å²) in [4.78, 5) is 24.9.